The molecule has 3 rings (SSSR count). The third-order valence-corrected chi connectivity index (χ3v) is 3.22. The molecule has 1 aromatic heterocycles. The number of methoxy groups -OCH3 is 1. The zero-order valence-corrected chi connectivity index (χ0v) is 11.8. The van der Waals surface area contributed by atoms with Crippen molar-refractivity contribution >= 4 is 22.9 Å². The summed E-state index contributed by atoms with van der Waals surface area (Å²) in [6.07, 6.45) is 1.40. The van der Waals surface area contributed by atoms with Gasteiger partial charge in [-0.2, -0.15) is 0 Å². The third-order valence-electron chi connectivity index (χ3n) is 3.22. The number of nitrogens with zero attached hydrogens (tertiary/aromatic N) is 1. The summed E-state index contributed by atoms with van der Waals surface area (Å²) in [6.45, 7) is 0. The van der Waals surface area contributed by atoms with Gasteiger partial charge in [-0.05, 0) is 24.3 Å². The zero-order valence-electron chi connectivity index (χ0n) is 11.8. The number of aliphatic imine (C=N–C) groups is 1. The maximum Gasteiger partial charge on any atom is 0.362 e. The lowest BCUT2D eigenvalue weighted by molar-refractivity contribution is 0.373. The smallest absolute Gasteiger partial charge is 0.362 e. The Hall–Kier alpha value is -3.08. The molecular formula is C17H13NO4. The SMILES string of the molecule is COc1cccc(C=Nc2cc3ccccc3oc2=O)c1O. The van der Waals surface area contributed by atoms with E-state index >= 15 is 0 Å². The minimum Gasteiger partial charge on any atom is -0.504 e. The molecule has 0 aliphatic rings. The van der Waals surface area contributed by atoms with Crippen LogP contribution < -0.4 is 10.4 Å². The standard InChI is InChI=1S/C17H13NO4/c1-21-15-8-4-6-12(16(15)19)10-18-13-9-11-5-2-3-7-14(11)22-17(13)20/h2-10,19H,1H3. The van der Waals surface area contributed by atoms with Gasteiger partial charge < -0.3 is 14.3 Å². The van der Waals surface area contributed by atoms with E-state index in [0.29, 0.717) is 16.9 Å². The van der Waals surface area contributed by atoms with Gasteiger partial charge in [0.05, 0.1) is 7.11 Å². The van der Waals surface area contributed by atoms with E-state index in [1.54, 1.807) is 36.4 Å². The second-order valence-electron chi connectivity index (χ2n) is 4.61. The van der Waals surface area contributed by atoms with Crippen LogP contribution in [-0.4, -0.2) is 18.4 Å². The van der Waals surface area contributed by atoms with E-state index in [1.807, 2.05) is 12.1 Å². The number of rotatable bonds is 3. The second-order valence-corrected chi connectivity index (χ2v) is 4.61. The molecule has 0 saturated heterocycles. The first-order valence-electron chi connectivity index (χ1n) is 6.62. The van der Waals surface area contributed by atoms with Gasteiger partial charge in [0.2, 0.25) is 0 Å². The van der Waals surface area contributed by atoms with Crippen LogP contribution in [0.3, 0.4) is 0 Å². The number of phenols is 1. The van der Waals surface area contributed by atoms with Crippen molar-refractivity contribution in [3.63, 3.8) is 0 Å². The summed E-state index contributed by atoms with van der Waals surface area (Å²) < 4.78 is 10.2. The molecule has 0 radical (unpaired) electrons. The van der Waals surface area contributed by atoms with Crippen molar-refractivity contribution in [2.75, 3.05) is 7.11 Å². The lowest BCUT2D eigenvalue weighted by atomic mass is 10.2. The van der Waals surface area contributed by atoms with E-state index in [4.69, 9.17) is 9.15 Å². The molecule has 0 fully saturated rings. The van der Waals surface area contributed by atoms with Crippen LogP contribution in [0.25, 0.3) is 11.0 Å². The molecule has 5 heteroatoms. The number of aromatic hydroxyl groups is 1. The van der Waals surface area contributed by atoms with Crippen molar-refractivity contribution < 1.29 is 14.3 Å². The van der Waals surface area contributed by atoms with Gasteiger partial charge in [-0.1, -0.05) is 24.3 Å². The summed E-state index contributed by atoms with van der Waals surface area (Å²) in [7, 11) is 1.47. The summed E-state index contributed by atoms with van der Waals surface area (Å²) in [5, 5.41) is 10.8. The fraction of sp³-hybridized carbons (Fsp3) is 0.0588. The Morgan fingerprint density at radius 3 is 2.82 bits per heavy atom. The molecule has 0 aliphatic heterocycles. The second kappa shape index (κ2) is 5.73. The number of hydrogen-bond acceptors (Lipinski definition) is 5. The first kappa shape index (κ1) is 13.9. The van der Waals surface area contributed by atoms with Crippen LogP contribution in [0.1, 0.15) is 5.56 Å². The number of ether oxygens (including phenoxy) is 1. The molecule has 3 aromatic rings. The third kappa shape index (κ3) is 2.56. The van der Waals surface area contributed by atoms with Crippen LogP contribution in [0.2, 0.25) is 0 Å². The Morgan fingerprint density at radius 1 is 1.18 bits per heavy atom. The fourth-order valence-corrected chi connectivity index (χ4v) is 2.09. The molecule has 1 N–H and O–H groups in total. The predicted octanol–water partition coefficient (Wildman–Crippen LogP) is 3.26. The maximum atomic E-state index is 11.9. The van der Waals surface area contributed by atoms with Crippen molar-refractivity contribution in [2.24, 2.45) is 4.99 Å². The first-order chi connectivity index (χ1) is 10.7. The molecule has 0 amide bonds. The average molecular weight is 295 g/mol. The first-order valence-corrected chi connectivity index (χ1v) is 6.62. The normalized spacial score (nSPS) is 11.1. The van der Waals surface area contributed by atoms with Crippen LogP contribution in [0.5, 0.6) is 11.5 Å². The minimum absolute atomic E-state index is 0.0288. The molecule has 0 spiro atoms. The quantitative estimate of drug-likeness (QED) is 0.594. The van der Waals surface area contributed by atoms with E-state index in [-0.39, 0.29) is 11.4 Å². The molecule has 5 nitrogen and oxygen atoms in total. The Morgan fingerprint density at radius 2 is 2.00 bits per heavy atom. The topological polar surface area (TPSA) is 72.0 Å². The van der Waals surface area contributed by atoms with Gasteiger partial charge >= 0.3 is 5.63 Å². The van der Waals surface area contributed by atoms with Crippen molar-refractivity contribution in [1.82, 2.24) is 0 Å². The number of para-hydroxylation sites is 2. The highest BCUT2D eigenvalue weighted by atomic mass is 16.5. The van der Waals surface area contributed by atoms with E-state index in [1.165, 1.54) is 13.3 Å². The highest BCUT2D eigenvalue weighted by molar-refractivity contribution is 5.87. The average Bonchev–Trinajstić information content (AvgIpc) is 2.54. The predicted molar refractivity (Wildman–Crippen MR) is 84.4 cm³/mol. The van der Waals surface area contributed by atoms with Crippen LogP contribution in [-0.2, 0) is 0 Å². The van der Waals surface area contributed by atoms with Gasteiger partial charge in [-0.25, -0.2) is 9.79 Å². The summed E-state index contributed by atoms with van der Waals surface area (Å²) >= 11 is 0. The van der Waals surface area contributed by atoms with Gasteiger partial charge in [0.1, 0.15) is 11.3 Å². The van der Waals surface area contributed by atoms with Crippen molar-refractivity contribution in [2.45, 2.75) is 0 Å². The fourth-order valence-electron chi connectivity index (χ4n) is 2.09. The molecule has 110 valence electrons. The number of benzene rings is 2. The van der Waals surface area contributed by atoms with Crippen molar-refractivity contribution in [3.8, 4) is 11.5 Å². The summed E-state index contributed by atoms with van der Waals surface area (Å²) in [4.78, 5) is 16.0. The highest BCUT2D eigenvalue weighted by Gasteiger charge is 2.06. The molecule has 0 unspecified atom stereocenters. The van der Waals surface area contributed by atoms with Crippen molar-refractivity contribution in [3.05, 3.63) is 64.5 Å². The van der Waals surface area contributed by atoms with Crippen LogP contribution >= 0.6 is 0 Å². The van der Waals surface area contributed by atoms with Gasteiger partial charge in [-0.15, -0.1) is 0 Å². The van der Waals surface area contributed by atoms with Gasteiger partial charge in [0.25, 0.3) is 0 Å². The maximum absolute atomic E-state index is 11.9. The molecule has 0 aliphatic carbocycles. The Bertz CT molecular complexity index is 912. The molecule has 0 bridgehead atoms. The summed E-state index contributed by atoms with van der Waals surface area (Å²) in [6, 6.07) is 13.9. The number of phenolic OH excluding ortho intramolecular Hbond substituents is 1. The van der Waals surface area contributed by atoms with E-state index < -0.39 is 5.63 Å². The number of fused-ring (bicyclic) bond motifs is 1. The van der Waals surface area contributed by atoms with Crippen LogP contribution in [0.4, 0.5) is 5.69 Å². The molecule has 22 heavy (non-hydrogen) atoms. The Balaban J connectivity index is 2.03. The molecule has 0 atom stereocenters. The van der Waals surface area contributed by atoms with Crippen LogP contribution in [0, 0.1) is 0 Å². The molecule has 0 saturated carbocycles. The molecular weight excluding hydrogens is 282 g/mol. The lowest BCUT2D eigenvalue weighted by Crippen LogP contribution is -1.98. The Kier molecular flexibility index (Phi) is 3.62. The van der Waals surface area contributed by atoms with Gasteiger partial charge in [0.15, 0.2) is 11.5 Å². The lowest BCUT2D eigenvalue weighted by Gasteiger charge is -2.04. The van der Waals surface area contributed by atoms with E-state index in [9.17, 15) is 9.90 Å². The summed E-state index contributed by atoms with van der Waals surface area (Å²) in [5.41, 5.74) is 0.598. The van der Waals surface area contributed by atoms with Crippen LogP contribution in [0.15, 0.2) is 62.7 Å². The summed E-state index contributed by atoms with van der Waals surface area (Å²) in [5.74, 6) is 0.313. The van der Waals surface area contributed by atoms with Gasteiger partial charge in [0, 0.05) is 17.2 Å². The van der Waals surface area contributed by atoms with Crippen molar-refractivity contribution in [1.29, 1.82) is 0 Å². The molecule has 2 aromatic carbocycles. The van der Waals surface area contributed by atoms with Gasteiger partial charge in [-0.3, -0.25) is 0 Å². The van der Waals surface area contributed by atoms with E-state index in [2.05, 4.69) is 4.99 Å². The number of hydrogen-bond donors (Lipinski definition) is 1. The van der Waals surface area contributed by atoms with E-state index in [0.717, 1.165) is 5.39 Å². The highest BCUT2D eigenvalue weighted by Crippen LogP contribution is 2.28. The Labute approximate surface area is 126 Å². The largest absolute Gasteiger partial charge is 0.504 e. The monoisotopic (exact) mass is 295 g/mol. The molecule has 1 heterocycles. The zero-order chi connectivity index (χ0) is 15.5. The minimum atomic E-state index is -0.530.